The van der Waals surface area contributed by atoms with E-state index in [4.69, 9.17) is 4.74 Å². The van der Waals surface area contributed by atoms with Crippen LogP contribution in [-0.4, -0.2) is 32.7 Å². The van der Waals surface area contributed by atoms with Crippen molar-refractivity contribution in [1.29, 1.82) is 0 Å². The number of methoxy groups -OCH3 is 1. The second-order valence-electron chi connectivity index (χ2n) is 4.49. The summed E-state index contributed by atoms with van der Waals surface area (Å²) < 4.78 is 18.3. The Hall–Kier alpha value is -1.46. The van der Waals surface area contributed by atoms with Crippen molar-refractivity contribution in [3.8, 4) is 0 Å². The van der Waals surface area contributed by atoms with E-state index in [2.05, 4.69) is 10.6 Å². The summed E-state index contributed by atoms with van der Waals surface area (Å²) in [6.07, 6.45) is 0. The standard InChI is InChI=1S/C14H21FN2O2/c1-10-6-12(7-11(2)14(10)15)8-17-13(18)9-16-4-5-19-3/h6-7,16H,4-5,8-9H2,1-3H3,(H,17,18). The lowest BCUT2D eigenvalue weighted by atomic mass is 10.1. The Bertz CT molecular complexity index is 412. The fourth-order valence-electron chi connectivity index (χ4n) is 1.78. The number of ether oxygens (including phenoxy) is 1. The molecule has 0 bridgehead atoms. The van der Waals surface area contributed by atoms with Crippen LogP contribution in [-0.2, 0) is 16.1 Å². The molecule has 0 atom stereocenters. The number of rotatable bonds is 7. The predicted octanol–water partition coefficient (Wildman–Crippen LogP) is 1.29. The first-order chi connectivity index (χ1) is 9.04. The van der Waals surface area contributed by atoms with Crippen molar-refractivity contribution < 1.29 is 13.9 Å². The molecule has 1 amide bonds. The van der Waals surface area contributed by atoms with E-state index in [0.29, 0.717) is 30.8 Å². The van der Waals surface area contributed by atoms with Crippen LogP contribution in [0, 0.1) is 19.7 Å². The topological polar surface area (TPSA) is 50.4 Å². The van der Waals surface area contributed by atoms with Crippen LogP contribution in [0.5, 0.6) is 0 Å². The summed E-state index contributed by atoms with van der Waals surface area (Å²) in [5.41, 5.74) is 2.10. The van der Waals surface area contributed by atoms with Crippen molar-refractivity contribution >= 4 is 5.91 Å². The van der Waals surface area contributed by atoms with Gasteiger partial charge in [0.1, 0.15) is 5.82 Å². The molecule has 4 nitrogen and oxygen atoms in total. The third-order valence-corrected chi connectivity index (χ3v) is 2.75. The molecule has 0 heterocycles. The molecule has 0 spiro atoms. The van der Waals surface area contributed by atoms with Gasteiger partial charge in [-0.1, -0.05) is 12.1 Å². The molecule has 19 heavy (non-hydrogen) atoms. The van der Waals surface area contributed by atoms with E-state index < -0.39 is 0 Å². The van der Waals surface area contributed by atoms with Gasteiger partial charge in [-0.15, -0.1) is 0 Å². The average molecular weight is 268 g/mol. The molecular weight excluding hydrogens is 247 g/mol. The first-order valence-corrected chi connectivity index (χ1v) is 6.26. The second-order valence-corrected chi connectivity index (χ2v) is 4.49. The maximum Gasteiger partial charge on any atom is 0.234 e. The molecule has 0 aliphatic heterocycles. The van der Waals surface area contributed by atoms with Crippen LogP contribution in [0.15, 0.2) is 12.1 Å². The maximum absolute atomic E-state index is 13.4. The lowest BCUT2D eigenvalue weighted by Crippen LogP contribution is -2.34. The highest BCUT2D eigenvalue weighted by Gasteiger charge is 2.05. The van der Waals surface area contributed by atoms with Crippen molar-refractivity contribution in [3.05, 3.63) is 34.6 Å². The molecule has 0 aromatic heterocycles. The van der Waals surface area contributed by atoms with Crippen molar-refractivity contribution in [1.82, 2.24) is 10.6 Å². The lowest BCUT2D eigenvalue weighted by molar-refractivity contribution is -0.120. The minimum absolute atomic E-state index is 0.0873. The summed E-state index contributed by atoms with van der Waals surface area (Å²) >= 11 is 0. The minimum Gasteiger partial charge on any atom is -0.383 e. The van der Waals surface area contributed by atoms with Crippen molar-refractivity contribution in [3.63, 3.8) is 0 Å². The molecule has 0 aliphatic carbocycles. The third-order valence-electron chi connectivity index (χ3n) is 2.75. The number of carbonyl (C=O) groups is 1. The van der Waals surface area contributed by atoms with E-state index in [1.54, 1.807) is 33.1 Å². The zero-order valence-electron chi connectivity index (χ0n) is 11.7. The quantitative estimate of drug-likeness (QED) is 0.733. The van der Waals surface area contributed by atoms with Crippen LogP contribution in [0.3, 0.4) is 0 Å². The number of benzene rings is 1. The van der Waals surface area contributed by atoms with Crippen LogP contribution < -0.4 is 10.6 Å². The molecule has 5 heteroatoms. The van der Waals surface area contributed by atoms with E-state index in [1.807, 2.05) is 0 Å². The highest BCUT2D eigenvalue weighted by Crippen LogP contribution is 2.14. The van der Waals surface area contributed by atoms with Crippen molar-refractivity contribution in [2.24, 2.45) is 0 Å². The number of aryl methyl sites for hydroxylation is 2. The SMILES string of the molecule is COCCNCC(=O)NCc1cc(C)c(F)c(C)c1. The highest BCUT2D eigenvalue weighted by molar-refractivity contribution is 5.77. The van der Waals surface area contributed by atoms with Crippen molar-refractivity contribution in [2.75, 3.05) is 26.8 Å². The molecule has 1 aromatic rings. The number of hydrogen-bond acceptors (Lipinski definition) is 3. The molecule has 0 aliphatic rings. The largest absolute Gasteiger partial charge is 0.383 e. The summed E-state index contributed by atoms with van der Waals surface area (Å²) in [6, 6.07) is 3.50. The monoisotopic (exact) mass is 268 g/mol. The smallest absolute Gasteiger partial charge is 0.234 e. The molecule has 0 saturated heterocycles. The van der Waals surface area contributed by atoms with Gasteiger partial charge in [-0.25, -0.2) is 4.39 Å². The minimum atomic E-state index is -0.184. The molecule has 0 unspecified atom stereocenters. The van der Waals surface area contributed by atoms with Crippen molar-refractivity contribution in [2.45, 2.75) is 20.4 Å². The Labute approximate surface area is 113 Å². The number of hydrogen-bond donors (Lipinski definition) is 2. The molecule has 2 N–H and O–H groups in total. The fraction of sp³-hybridized carbons (Fsp3) is 0.500. The molecular formula is C14H21FN2O2. The first-order valence-electron chi connectivity index (χ1n) is 6.26. The molecule has 0 fully saturated rings. The van der Waals surface area contributed by atoms with Crippen LogP contribution in [0.4, 0.5) is 4.39 Å². The van der Waals surface area contributed by atoms with Gasteiger partial charge in [0, 0.05) is 20.2 Å². The maximum atomic E-state index is 13.4. The van der Waals surface area contributed by atoms with Crippen LogP contribution in [0.1, 0.15) is 16.7 Å². The summed E-state index contributed by atoms with van der Waals surface area (Å²) in [5, 5.41) is 5.74. The van der Waals surface area contributed by atoms with Crippen LogP contribution in [0.2, 0.25) is 0 Å². The van der Waals surface area contributed by atoms with Gasteiger partial charge in [0.05, 0.1) is 13.2 Å². The van der Waals surface area contributed by atoms with Crippen LogP contribution >= 0.6 is 0 Å². The first kappa shape index (κ1) is 15.6. The summed E-state index contributed by atoms with van der Waals surface area (Å²) in [7, 11) is 1.61. The summed E-state index contributed by atoms with van der Waals surface area (Å²) in [6.45, 7) is 5.32. The van der Waals surface area contributed by atoms with Gasteiger partial charge in [-0.2, -0.15) is 0 Å². The zero-order chi connectivity index (χ0) is 14.3. The van der Waals surface area contributed by atoms with E-state index in [-0.39, 0.29) is 18.3 Å². The van der Waals surface area contributed by atoms with Gasteiger partial charge in [0.15, 0.2) is 0 Å². The lowest BCUT2D eigenvalue weighted by Gasteiger charge is -2.09. The van der Waals surface area contributed by atoms with E-state index >= 15 is 0 Å². The highest BCUT2D eigenvalue weighted by atomic mass is 19.1. The molecule has 106 valence electrons. The number of nitrogens with one attached hydrogen (secondary N) is 2. The summed E-state index contributed by atoms with van der Waals surface area (Å²) in [5.74, 6) is -0.271. The molecule has 1 aromatic carbocycles. The van der Waals surface area contributed by atoms with Gasteiger partial charge in [-0.3, -0.25) is 4.79 Å². The van der Waals surface area contributed by atoms with E-state index in [0.717, 1.165) is 5.56 Å². The van der Waals surface area contributed by atoms with Crippen LogP contribution in [0.25, 0.3) is 0 Å². The summed E-state index contributed by atoms with van der Waals surface area (Å²) in [4.78, 5) is 11.5. The fourth-order valence-corrected chi connectivity index (χ4v) is 1.78. The van der Waals surface area contributed by atoms with Gasteiger partial charge in [0.2, 0.25) is 5.91 Å². The third kappa shape index (κ3) is 5.36. The Morgan fingerprint density at radius 3 is 2.53 bits per heavy atom. The Balaban J connectivity index is 2.38. The Morgan fingerprint density at radius 1 is 1.32 bits per heavy atom. The number of halogens is 1. The number of amides is 1. The average Bonchev–Trinajstić information content (AvgIpc) is 2.38. The normalized spacial score (nSPS) is 10.5. The van der Waals surface area contributed by atoms with Gasteiger partial charge >= 0.3 is 0 Å². The van der Waals surface area contributed by atoms with E-state index in [9.17, 15) is 9.18 Å². The Morgan fingerprint density at radius 2 is 1.95 bits per heavy atom. The van der Waals surface area contributed by atoms with Gasteiger partial charge in [0.25, 0.3) is 0 Å². The number of carbonyl (C=O) groups excluding carboxylic acids is 1. The molecule has 1 rings (SSSR count). The van der Waals surface area contributed by atoms with E-state index in [1.165, 1.54) is 0 Å². The van der Waals surface area contributed by atoms with Gasteiger partial charge in [-0.05, 0) is 30.5 Å². The van der Waals surface area contributed by atoms with Gasteiger partial charge < -0.3 is 15.4 Å². The Kier molecular flexibility index (Phi) is 6.45. The second kappa shape index (κ2) is 7.86. The zero-order valence-corrected chi connectivity index (χ0v) is 11.7. The molecule has 0 saturated carbocycles. The predicted molar refractivity (Wildman–Crippen MR) is 72.5 cm³/mol. The molecule has 0 radical (unpaired) electrons.